The van der Waals surface area contributed by atoms with Crippen LogP contribution in [0.1, 0.15) is 34.1 Å². The molecular formula is C11H22OS. The van der Waals surface area contributed by atoms with Gasteiger partial charge in [0.25, 0.3) is 0 Å². The molecule has 13 heavy (non-hydrogen) atoms. The van der Waals surface area contributed by atoms with Gasteiger partial charge in [0, 0.05) is 17.1 Å². The van der Waals surface area contributed by atoms with Crippen molar-refractivity contribution >= 4 is 11.8 Å². The van der Waals surface area contributed by atoms with E-state index in [4.69, 9.17) is 4.74 Å². The Balaban J connectivity index is 4.04. The van der Waals surface area contributed by atoms with Gasteiger partial charge < -0.3 is 4.74 Å². The van der Waals surface area contributed by atoms with Crippen LogP contribution in [-0.4, -0.2) is 23.2 Å². The molecule has 0 saturated carbocycles. The van der Waals surface area contributed by atoms with Gasteiger partial charge in [-0.25, -0.2) is 0 Å². The summed E-state index contributed by atoms with van der Waals surface area (Å²) in [6.45, 7) is 12.6. The van der Waals surface area contributed by atoms with Crippen LogP contribution in [0.2, 0.25) is 0 Å². The van der Waals surface area contributed by atoms with Gasteiger partial charge in [-0.2, -0.15) is 11.8 Å². The van der Waals surface area contributed by atoms with Gasteiger partial charge in [0.2, 0.25) is 0 Å². The zero-order chi connectivity index (χ0) is 10.5. The summed E-state index contributed by atoms with van der Waals surface area (Å²) in [6.07, 6.45) is 3.15. The largest absolute Gasteiger partial charge is 0.380 e. The Morgan fingerprint density at radius 1 is 1.46 bits per heavy atom. The van der Waals surface area contributed by atoms with Crippen LogP contribution >= 0.6 is 11.8 Å². The topological polar surface area (TPSA) is 9.23 Å². The highest BCUT2D eigenvalue weighted by molar-refractivity contribution is 8.01. The van der Waals surface area contributed by atoms with E-state index in [1.54, 1.807) is 7.11 Å². The maximum atomic E-state index is 5.41. The molecule has 0 radical (unpaired) electrons. The highest BCUT2D eigenvalue weighted by atomic mass is 32.2. The number of thioether (sulfide) groups is 1. The van der Waals surface area contributed by atoms with Crippen LogP contribution in [0, 0.1) is 0 Å². The van der Waals surface area contributed by atoms with E-state index < -0.39 is 0 Å². The first-order valence-electron chi connectivity index (χ1n) is 4.72. The molecule has 1 nitrogen and oxygen atoms in total. The molecule has 0 amide bonds. The van der Waals surface area contributed by atoms with Gasteiger partial charge in [-0.05, 0) is 6.42 Å². The van der Waals surface area contributed by atoms with Crippen LogP contribution in [0.15, 0.2) is 12.7 Å². The number of methoxy groups -OCH3 is 1. The maximum Gasteiger partial charge on any atom is 0.0721 e. The van der Waals surface area contributed by atoms with Gasteiger partial charge in [0.15, 0.2) is 0 Å². The standard InChI is InChI=1S/C11H22OS/c1-7-8-10(12-6)9(2)13-11(3,4)5/h7,9-10H,1,8H2,2-6H3/t9-,10-/m1/s1. The van der Waals surface area contributed by atoms with Crippen molar-refractivity contribution in [3.8, 4) is 0 Å². The second-order valence-corrected chi connectivity index (χ2v) is 6.44. The lowest BCUT2D eigenvalue weighted by molar-refractivity contribution is 0.106. The van der Waals surface area contributed by atoms with E-state index in [1.807, 2.05) is 17.8 Å². The third-order valence-electron chi connectivity index (χ3n) is 1.76. The molecule has 2 atom stereocenters. The van der Waals surface area contributed by atoms with E-state index in [1.165, 1.54) is 0 Å². The van der Waals surface area contributed by atoms with Crippen LogP contribution < -0.4 is 0 Å². The van der Waals surface area contributed by atoms with Gasteiger partial charge in [-0.15, -0.1) is 6.58 Å². The molecule has 0 aromatic carbocycles. The molecule has 78 valence electrons. The molecule has 0 aromatic heterocycles. The quantitative estimate of drug-likeness (QED) is 0.631. The summed E-state index contributed by atoms with van der Waals surface area (Å²) < 4.78 is 5.71. The fourth-order valence-electron chi connectivity index (χ4n) is 1.28. The molecule has 0 aliphatic carbocycles. The van der Waals surface area contributed by atoms with Gasteiger partial charge >= 0.3 is 0 Å². The number of hydrogen-bond acceptors (Lipinski definition) is 2. The first-order valence-corrected chi connectivity index (χ1v) is 5.60. The zero-order valence-corrected chi connectivity index (χ0v) is 10.3. The van der Waals surface area contributed by atoms with Crippen molar-refractivity contribution in [2.45, 2.75) is 50.2 Å². The molecule has 0 saturated heterocycles. The molecule has 0 spiro atoms. The summed E-state index contributed by atoms with van der Waals surface area (Å²) >= 11 is 1.96. The van der Waals surface area contributed by atoms with Crippen LogP contribution in [0.3, 0.4) is 0 Å². The van der Waals surface area contributed by atoms with Crippen molar-refractivity contribution in [2.75, 3.05) is 7.11 Å². The summed E-state index contributed by atoms with van der Waals surface area (Å²) in [5, 5.41) is 0.517. The van der Waals surface area contributed by atoms with Crippen molar-refractivity contribution in [3.05, 3.63) is 12.7 Å². The van der Waals surface area contributed by atoms with Crippen molar-refractivity contribution in [2.24, 2.45) is 0 Å². The second kappa shape index (κ2) is 5.71. The Hall–Kier alpha value is 0.0500. The van der Waals surface area contributed by atoms with E-state index >= 15 is 0 Å². The fraction of sp³-hybridized carbons (Fsp3) is 0.818. The number of rotatable bonds is 5. The van der Waals surface area contributed by atoms with E-state index in [9.17, 15) is 0 Å². The lowest BCUT2D eigenvalue weighted by Gasteiger charge is -2.28. The summed E-state index contributed by atoms with van der Waals surface area (Å²) in [7, 11) is 1.77. The van der Waals surface area contributed by atoms with E-state index in [0.29, 0.717) is 16.1 Å². The summed E-state index contributed by atoms with van der Waals surface area (Å²) in [5.41, 5.74) is 0. The van der Waals surface area contributed by atoms with Gasteiger partial charge in [0.05, 0.1) is 6.10 Å². The first kappa shape index (κ1) is 13.1. The third kappa shape index (κ3) is 6.17. The van der Waals surface area contributed by atoms with E-state index in [2.05, 4.69) is 34.3 Å². The van der Waals surface area contributed by atoms with Crippen LogP contribution in [-0.2, 0) is 4.74 Å². The van der Waals surface area contributed by atoms with Crippen molar-refractivity contribution in [3.63, 3.8) is 0 Å². The molecule has 0 rings (SSSR count). The molecule has 0 aliphatic rings. The normalized spacial score (nSPS) is 16.7. The Morgan fingerprint density at radius 2 is 2.00 bits per heavy atom. The van der Waals surface area contributed by atoms with E-state index in [-0.39, 0.29) is 0 Å². The van der Waals surface area contributed by atoms with Crippen LogP contribution in [0.4, 0.5) is 0 Å². The minimum absolute atomic E-state index is 0.293. The molecule has 0 aromatic rings. The smallest absolute Gasteiger partial charge is 0.0721 e. The first-order chi connectivity index (χ1) is 5.90. The van der Waals surface area contributed by atoms with Gasteiger partial charge in [-0.1, -0.05) is 33.8 Å². The SMILES string of the molecule is C=CC[C@@H](OC)[C@@H](C)SC(C)(C)C. The van der Waals surface area contributed by atoms with Crippen molar-refractivity contribution in [1.29, 1.82) is 0 Å². The Kier molecular flexibility index (Phi) is 5.73. The summed E-state index contributed by atoms with van der Waals surface area (Å²) in [4.78, 5) is 0. The molecular weight excluding hydrogens is 180 g/mol. The monoisotopic (exact) mass is 202 g/mol. The highest BCUT2D eigenvalue weighted by Crippen LogP contribution is 2.31. The van der Waals surface area contributed by atoms with Crippen LogP contribution in [0.5, 0.6) is 0 Å². The number of hydrogen-bond donors (Lipinski definition) is 0. The molecule has 0 unspecified atom stereocenters. The lowest BCUT2D eigenvalue weighted by Crippen LogP contribution is -2.26. The van der Waals surface area contributed by atoms with Crippen molar-refractivity contribution < 1.29 is 4.74 Å². The predicted molar refractivity (Wildman–Crippen MR) is 62.4 cm³/mol. The molecule has 0 heterocycles. The van der Waals surface area contributed by atoms with E-state index in [0.717, 1.165) is 6.42 Å². The van der Waals surface area contributed by atoms with Gasteiger partial charge in [-0.3, -0.25) is 0 Å². The molecule has 0 N–H and O–H groups in total. The fourth-order valence-corrected chi connectivity index (χ4v) is 2.77. The number of ether oxygens (including phenoxy) is 1. The average Bonchev–Trinajstić information content (AvgIpc) is 1.96. The zero-order valence-electron chi connectivity index (χ0n) is 9.46. The average molecular weight is 202 g/mol. The Morgan fingerprint density at radius 3 is 2.31 bits per heavy atom. The predicted octanol–water partition coefficient (Wildman–Crippen LogP) is 3.50. The lowest BCUT2D eigenvalue weighted by atomic mass is 10.2. The molecule has 0 aliphatic heterocycles. The molecule has 0 bridgehead atoms. The minimum Gasteiger partial charge on any atom is -0.380 e. The second-order valence-electron chi connectivity index (χ2n) is 4.23. The van der Waals surface area contributed by atoms with Gasteiger partial charge in [0.1, 0.15) is 0 Å². The minimum atomic E-state index is 0.293. The maximum absolute atomic E-state index is 5.41. The Bertz CT molecular complexity index is 149. The summed E-state index contributed by atoms with van der Waals surface area (Å²) in [5.74, 6) is 0. The Labute approximate surface area is 86.9 Å². The molecule has 2 heteroatoms. The third-order valence-corrected chi connectivity index (χ3v) is 3.15. The summed E-state index contributed by atoms with van der Waals surface area (Å²) in [6, 6.07) is 0. The highest BCUT2D eigenvalue weighted by Gasteiger charge is 2.22. The van der Waals surface area contributed by atoms with Crippen LogP contribution in [0.25, 0.3) is 0 Å². The van der Waals surface area contributed by atoms with Crippen molar-refractivity contribution in [1.82, 2.24) is 0 Å². The molecule has 0 fully saturated rings.